The van der Waals surface area contributed by atoms with Gasteiger partial charge < -0.3 is 9.47 Å². The summed E-state index contributed by atoms with van der Waals surface area (Å²) in [5.41, 5.74) is 2.68. The Kier molecular flexibility index (Phi) is 5.50. The highest BCUT2D eigenvalue weighted by Crippen LogP contribution is 2.42. The molecular formula is C23H27N2O2P. The van der Waals surface area contributed by atoms with Crippen LogP contribution in [0.4, 0.5) is 0 Å². The van der Waals surface area contributed by atoms with Crippen LogP contribution in [0.25, 0.3) is 0 Å². The molecule has 4 nitrogen and oxygen atoms in total. The maximum atomic E-state index is 5.91. The van der Waals surface area contributed by atoms with E-state index in [4.69, 9.17) is 19.5 Å². The number of ether oxygens (including phenoxy) is 2. The van der Waals surface area contributed by atoms with Gasteiger partial charge in [0, 0.05) is 11.1 Å². The quantitative estimate of drug-likeness (QED) is 0.723. The minimum Gasteiger partial charge on any atom is -0.475 e. The molecule has 2 aromatic rings. The van der Waals surface area contributed by atoms with Gasteiger partial charge in [-0.2, -0.15) is 0 Å². The Hall–Kier alpha value is -2.19. The van der Waals surface area contributed by atoms with E-state index in [1.165, 1.54) is 10.6 Å². The molecule has 4 rings (SSSR count). The summed E-state index contributed by atoms with van der Waals surface area (Å²) in [6.07, 6.45) is 0. The highest BCUT2D eigenvalue weighted by molar-refractivity contribution is 7.73. The fourth-order valence-electron chi connectivity index (χ4n) is 3.66. The molecule has 28 heavy (non-hydrogen) atoms. The molecule has 0 fully saturated rings. The highest BCUT2D eigenvalue weighted by Gasteiger charge is 2.29. The van der Waals surface area contributed by atoms with Crippen molar-refractivity contribution in [3.8, 4) is 0 Å². The summed E-state index contributed by atoms with van der Waals surface area (Å²) in [7, 11) is -0.634. The second-order valence-corrected chi connectivity index (χ2v) is 10.4. The molecule has 0 unspecified atom stereocenters. The van der Waals surface area contributed by atoms with Gasteiger partial charge in [-0.15, -0.1) is 0 Å². The molecule has 2 aliphatic rings. The van der Waals surface area contributed by atoms with E-state index in [2.05, 4.69) is 76.2 Å². The number of hydrogen-bond donors (Lipinski definition) is 0. The molecule has 0 aliphatic carbocycles. The molecule has 2 heterocycles. The first-order valence-electron chi connectivity index (χ1n) is 9.94. The summed E-state index contributed by atoms with van der Waals surface area (Å²) in [4.78, 5) is 9.44. The van der Waals surface area contributed by atoms with E-state index in [9.17, 15) is 0 Å². The molecule has 0 bridgehead atoms. The normalized spacial score (nSPS) is 21.5. The molecule has 2 aliphatic heterocycles. The lowest BCUT2D eigenvalue weighted by Crippen LogP contribution is -2.27. The van der Waals surface area contributed by atoms with Crippen LogP contribution in [0, 0.1) is 0 Å². The third-order valence-corrected chi connectivity index (χ3v) is 7.75. The van der Waals surface area contributed by atoms with Crippen molar-refractivity contribution in [1.82, 2.24) is 0 Å². The minimum atomic E-state index is -0.634. The molecule has 0 aromatic heterocycles. The Balaban J connectivity index is 1.83. The SMILES string of the molecule is CC(C)P(c1ccccc1C1=N[C@@H](C)CO1)c1ccccc1C1=N[C@@H](C)CO1. The summed E-state index contributed by atoms with van der Waals surface area (Å²) in [6.45, 7) is 10.1. The third-order valence-electron chi connectivity index (χ3n) is 4.90. The molecule has 0 spiro atoms. The van der Waals surface area contributed by atoms with Gasteiger partial charge in [-0.25, -0.2) is 9.98 Å². The molecule has 0 radical (unpaired) electrons. The van der Waals surface area contributed by atoms with Gasteiger partial charge in [-0.05, 0) is 50.2 Å². The van der Waals surface area contributed by atoms with E-state index in [1.54, 1.807) is 0 Å². The van der Waals surface area contributed by atoms with Crippen LogP contribution in [0.2, 0.25) is 0 Å². The molecular weight excluding hydrogens is 367 g/mol. The average molecular weight is 394 g/mol. The molecule has 0 saturated heterocycles. The first kappa shape index (κ1) is 19.1. The summed E-state index contributed by atoms with van der Waals surface area (Å²) in [5, 5.41) is 2.61. The lowest BCUT2D eigenvalue weighted by Gasteiger charge is -2.26. The Labute approximate surface area is 168 Å². The molecule has 0 saturated carbocycles. The van der Waals surface area contributed by atoms with Gasteiger partial charge in [0.2, 0.25) is 11.8 Å². The predicted octanol–water partition coefficient (Wildman–Crippen LogP) is 3.86. The van der Waals surface area contributed by atoms with Crippen LogP contribution in [0.15, 0.2) is 58.5 Å². The Bertz CT molecular complexity index is 851. The summed E-state index contributed by atoms with van der Waals surface area (Å²) >= 11 is 0. The fraction of sp³-hybridized carbons (Fsp3) is 0.391. The zero-order valence-electron chi connectivity index (χ0n) is 16.9. The van der Waals surface area contributed by atoms with Crippen LogP contribution in [-0.2, 0) is 9.47 Å². The second kappa shape index (κ2) is 8.05. The standard InChI is InChI=1S/C23H27N2O2P/c1-15(2)28(20-11-7-5-9-18(20)22-24-16(3)13-26-22)21-12-8-6-10-19(21)23-25-17(4)14-27-23/h5-12,15-17H,13-14H2,1-4H3/t16-,17-/m0/s1. The van der Waals surface area contributed by atoms with Crippen molar-refractivity contribution in [3.05, 3.63) is 59.7 Å². The van der Waals surface area contributed by atoms with Crippen LogP contribution >= 0.6 is 7.92 Å². The zero-order chi connectivity index (χ0) is 19.7. The van der Waals surface area contributed by atoms with Gasteiger partial charge in [0.1, 0.15) is 13.2 Å². The van der Waals surface area contributed by atoms with Gasteiger partial charge in [0.25, 0.3) is 0 Å². The number of rotatable bonds is 5. The monoisotopic (exact) mass is 394 g/mol. The summed E-state index contributed by atoms with van der Waals surface area (Å²) in [6, 6.07) is 17.5. The topological polar surface area (TPSA) is 43.2 Å². The summed E-state index contributed by atoms with van der Waals surface area (Å²) in [5.74, 6) is 1.55. The zero-order valence-corrected chi connectivity index (χ0v) is 17.8. The number of hydrogen-bond acceptors (Lipinski definition) is 4. The van der Waals surface area contributed by atoms with Crippen molar-refractivity contribution in [2.45, 2.75) is 45.4 Å². The highest BCUT2D eigenvalue weighted by atomic mass is 31.1. The van der Waals surface area contributed by atoms with Crippen molar-refractivity contribution >= 4 is 30.3 Å². The Morgan fingerprint density at radius 3 is 1.57 bits per heavy atom. The maximum absolute atomic E-state index is 5.91. The summed E-state index contributed by atoms with van der Waals surface area (Å²) < 4.78 is 11.8. The largest absolute Gasteiger partial charge is 0.475 e. The van der Waals surface area contributed by atoms with Crippen molar-refractivity contribution < 1.29 is 9.47 Å². The van der Waals surface area contributed by atoms with E-state index >= 15 is 0 Å². The van der Waals surface area contributed by atoms with E-state index in [0.717, 1.165) is 22.9 Å². The van der Waals surface area contributed by atoms with Gasteiger partial charge in [0.15, 0.2) is 0 Å². The van der Waals surface area contributed by atoms with Crippen LogP contribution in [0.5, 0.6) is 0 Å². The molecule has 5 heteroatoms. The Morgan fingerprint density at radius 1 is 0.786 bits per heavy atom. The van der Waals surface area contributed by atoms with Crippen LogP contribution in [-0.4, -0.2) is 42.8 Å². The number of benzene rings is 2. The lowest BCUT2D eigenvalue weighted by molar-refractivity contribution is 0.324. The first-order chi connectivity index (χ1) is 13.5. The van der Waals surface area contributed by atoms with Crippen molar-refractivity contribution in [3.63, 3.8) is 0 Å². The van der Waals surface area contributed by atoms with Crippen molar-refractivity contribution in [2.24, 2.45) is 9.98 Å². The minimum absolute atomic E-state index is 0.211. The van der Waals surface area contributed by atoms with Crippen molar-refractivity contribution in [2.75, 3.05) is 13.2 Å². The first-order valence-corrected chi connectivity index (χ1v) is 11.3. The fourth-order valence-corrected chi connectivity index (χ4v) is 6.38. The molecule has 146 valence electrons. The van der Waals surface area contributed by atoms with Crippen LogP contribution in [0.1, 0.15) is 38.8 Å². The van der Waals surface area contributed by atoms with Gasteiger partial charge in [-0.1, -0.05) is 50.2 Å². The average Bonchev–Trinajstić information content (AvgIpc) is 3.31. The maximum Gasteiger partial charge on any atom is 0.217 e. The van der Waals surface area contributed by atoms with Crippen molar-refractivity contribution in [1.29, 1.82) is 0 Å². The molecule has 0 N–H and O–H groups in total. The lowest BCUT2D eigenvalue weighted by atomic mass is 10.2. The van der Waals surface area contributed by atoms with E-state index in [0.29, 0.717) is 18.9 Å². The third kappa shape index (κ3) is 3.71. The second-order valence-electron chi connectivity index (χ2n) is 7.69. The molecule has 2 atom stereocenters. The van der Waals surface area contributed by atoms with Crippen LogP contribution < -0.4 is 10.6 Å². The van der Waals surface area contributed by atoms with Crippen LogP contribution in [0.3, 0.4) is 0 Å². The molecule has 0 amide bonds. The van der Waals surface area contributed by atoms with Gasteiger partial charge in [-0.3, -0.25) is 0 Å². The number of nitrogens with zero attached hydrogens (tertiary/aromatic N) is 2. The van der Waals surface area contributed by atoms with E-state index in [-0.39, 0.29) is 12.1 Å². The van der Waals surface area contributed by atoms with Gasteiger partial charge >= 0.3 is 0 Å². The molecule has 2 aromatic carbocycles. The Morgan fingerprint density at radius 2 is 1.21 bits per heavy atom. The number of aliphatic imine (C=N–C) groups is 2. The van der Waals surface area contributed by atoms with E-state index in [1.807, 2.05) is 0 Å². The van der Waals surface area contributed by atoms with Gasteiger partial charge in [0.05, 0.1) is 12.1 Å². The van der Waals surface area contributed by atoms with E-state index < -0.39 is 7.92 Å². The predicted molar refractivity (Wildman–Crippen MR) is 118 cm³/mol. The smallest absolute Gasteiger partial charge is 0.217 e.